The molecule has 1 atom stereocenters. The SMILES string of the molecule is O=C(c1ccc(CSC(F)F)o1)N1CCC(O)C1. The van der Waals surface area contributed by atoms with Crippen LogP contribution in [0.3, 0.4) is 0 Å². The van der Waals surface area contributed by atoms with Gasteiger partial charge in [0, 0.05) is 13.1 Å². The molecule has 2 rings (SSSR count). The Bertz CT molecular complexity index is 424. The highest BCUT2D eigenvalue weighted by atomic mass is 32.2. The molecule has 1 amide bonds. The summed E-state index contributed by atoms with van der Waals surface area (Å²) in [5.41, 5.74) is 0. The molecule has 1 aromatic heterocycles. The number of nitrogens with zero attached hydrogens (tertiary/aromatic N) is 1. The molecule has 4 nitrogen and oxygen atoms in total. The number of hydrogen-bond donors (Lipinski definition) is 1. The Labute approximate surface area is 107 Å². The van der Waals surface area contributed by atoms with E-state index in [-0.39, 0.29) is 17.4 Å². The molecule has 2 heterocycles. The lowest BCUT2D eigenvalue weighted by Crippen LogP contribution is -2.29. The lowest BCUT2D eigenvalue weighted by molar-refractivity contribution is 0.0732. The van der Waals surface area contributed by atoms with E-state index in [9.17, 15) is 18.7 Å². The number of thioether (sulfide) groups is 1. The van der Waals surface area contributed by atoms with E-state index >= 15 is 0 Å². The van der Waals surface area contributed by atoms with E-state index < -0.39 is 11.9 Å². The van der Waals surface area contributed by atoms with Gasteiger partial charge in [0.05, 0.1) is 11.9 Å². The minimum Gasteiger partial charge on any atom is -0.455 e. The first-order chi connectivity index (χ1) is 8.56. The van der Waals surface area contributed by atoms with Crippen LogP contribution in [0, 0.1) is 0 Å². The third-order valence-electron chi connectivity index (χ3n) is 2.67. The van der Waals surface area contributed by atoms with E-state index in [4.69, 9.17) is 4.42 Å². The second-order valence-electron chi connectivity index (χ2n) is 4.03. The number of carbonyl (C=O) groups is 1. The second-order valence-corrected chi connectivity index (χ2v) is 5.01. The summed E-state index contributed by atoms with van der Waals surface area (Å²) in [6, 6.07) is 3.00. The molecule has 1 unspecified atom stereocenters. The summed E-state index contributed by atoms with van der Waals surface area (Å²) in [6.45, 7) is 0.780. The molecule has 1 saturated heterocycles. The maximum atomic E-state index is 12.0. The van der Waals surface area contributed by atoms with E-state index in [1.54, 1.807) is 0 Å². The lowest BCUT2D eigenvalue weighted by Gasteiger charge is -2.13. The lowest BCUT2D eigenvalue weighted by atomic mass is 10.3. The number of furan rings is 1. The number of aliphatic hydroxyl groups is 1. The summed E-state index contributed by atoms with van der Waals surface area (Å²) in [7, 11) is 0. The van der Waals surface area contributed by atoms with Gasteiger partial charge >= 0.3 is 0 Å². The van der Waals surface area contributed by atoms with Crippen molar-refractivity contribution in [2.45, 2.75) is 24.0 Å². The molecule has 0 aliphatic carbocycles. The van der Waals surface area contributed by atoms with Gasteiger partial charge < -0.3 is 14.4 Å². The quantitative estimate of drug-likeness (QED) is 0.914. The topological polar surface area (TPSA) is 53.7 Å². The van der Waals surface area contributed by atoms with Gasteiger partial charge in [-0.25, -0.2) is 0 Å². The summed E-state index contributed by atoms with van der Waals surface area (Å²) in [4.78, 5) is 13.4. The number of amides is 1. The van der Waals surface area contributed by atoms with Crippen molar-refractivity contribution in [3.05, 3.63) is 23.7 Å². The first kappa shape index (κ1) is 13.4. The van der Waals surface area contributed by atoms with Crippen molar-refractivity contribution in [2.24, 2.45) is 0 Å². The van der Waals surface area contributed by atoms with E-state index in [1.165, 1.54) is 17.0 Å². The van der Waals surface area contributed by atoms with E-state index in [0.717, 1.165) is 0 Å². The van der Waals surface area contributed by atoms with Crippen molar-refractivity contribution < 1.29 is 23.1 Å². The van der Waals surface area contributed by atoms with Crippen LogP contribution in [0.1, 0.15) is 22.7 Å². The zero-order valence-corrected chi connectivity index (χ0v) is 10.3. The number of carbonyl (C=O) groups excluding carboxylic acids is 1. The predicted octanol–water partition coefficient (Wildman–Crippen LogP) is 1.94. The van der Waals surface area contributed by atoms with Crippen molar-refractivity contribution in [1.29, 1.82) is 0 Å². The standard InChI is InChI=1S/C11H13F2NO3S/c12-11(13)18-6-8-1-2-9(17-8)10(16)14-4-3-7(15)5-14/h1-2,7,11,15H,3-6H2. The van der Waals surface area contributed by atoms with Gasteiger partial charge in [-0.05, 0) is 18.6 Å². The molecule has 0 spiro atoms. The minimum absolute atomic E-state index is 0.0353. The third kappa shape index (κ3) is 3.23. The molecule has 100 valence electrons. The number of likely N-dealkylation sites (tertiary alicyclic amines) is 1. The molecule has 1 aliphatic heterocycles. The Balaban J connectivity index is 1.95. The molecular formula is C11H13F2NO3S. The molecule has 1 aliphatic rings. The van der Waals surface area contributed by atoms with Crippen LogP contribution in [-0.4, -0.2) is 40.9 Å². The maximum Gasteiger partial charge on any atom is 0.289 e. The number of β-amino-alcohol motifs (C(OH)–C–C–N with tert-alkyl or cyclic N) is 1. The Morgan fingerprint density at radius 3 is 3.00 bits per heavy atom. The van der Waals surface area contributed by atoms with Gasteiger partial charge in [-0.1, -0.05) is 11.8 Å². The molecule has 1 fully saturated rings. The number of halogens is 2. The van der Waals surface area contributed by atoms with Crippen LogP contribution >= 0.6 is 11.8 Å². The number of hydrogen-bond acceptors (Lipinski definition) is 4. The highest BCUT2D eigenvalue weighted by Gasteiger charge is 2.27. The normalized spacial score (nSPS) is 19.8. The summed E-state index contributed by atoms with van der Waals surface area (Å²) in [5, 5.41) is 9.33. The fourth-order valence-corrected chi connectivity index (χ4v) is 2.24. The smallest absolute Gasteiger partial charge is 0.289 e. The van der Waals surface area contributed by atoms with Gasteiger partial charge in [0.25, 0.3) is 11.7 Å². The van der Waals surface area contributed by atoms with Crippen molar-refractivity contribution in [3.8, 4) is 0 Å². The van der Waals surface area contributed by atoms with Crippen LogP contribution in [0.25, 0.3) is 0 Å². The molecular weight excluding hydrogens is 264 g/mol. The molecule has 1 aromatic rings. The summed E-state index contributed by atoms with van der Waals surface area (Å²) in [6.07, 6.45) is 0.0679. The van der Waals surface area contributed by atoms with Gasteiger partial charge in [0.1, 0.15) is 5.76 Å². The van der Waals surface area contributed by atoms with Crippen LogP contribution in [0.15, 0.2) is 16.5 Å². The van der Waals surface area contributed by atoms with E-state index in [1.807, 2.05) is 0 Å². The van der Waals surface area contributed by atoms with Crippen LogP contribution in [-0.2, 0) is 5.75 Å². The van der Waals surface area contributed by atoms with Gasteiger partial charge in [-0.2, -0.15) is 8.78 Å². The van der Waals surface area contributed by atoms with Crippen molar-refractivity contribution in [1.82, 2.24) is 4.90 Å². The number of alkyl halides is 2. The Morgan fingerprint density at radius 1 is 1.61 bits per heavy atom. The van der Waals surface area contributed by atoms with Crippen LogP contribution in [0.2, 0.25) is 0 Å². The Hall–Kier alpha value is -1.08. The Morgan fingerprint density at radius 2 is 2.39 bits per heavy atom. The monoisotopic (exact) mass is 277 g/mol. The predicted molar refractivity (Wildman–Crippen MR) is 62.5 cm³/mol. The number of rotatable bonds is 4. The van der Waals surface area contributed by atoms with Crippen molar-refractivity contribution in [2.75, 3.05) is 13.1 Å². The average Bonchev–Trinajstić information content (AvgIpc) is 2.94. The third-order valence-corrected chi connectivity index (χ3v) is 3.38. The zero-order valence-electron chi connectivity index (χ0n) is 9.51. The fraction of sp³-hybridized carbons (Fsp3) is 0.545. The maximum absolute atomic E-state index is 12.0. The molecule has 18 heavy (non-hydrogen) atoms. The fourth-order valence-electron chi connectivity index (χ4n) is 1.80. The average molecular weight is 277 g/mol. The van der Waals surface area contributed by atoms with Crippen LogP contribution < -0.4 is 0 Å². The van der Waals surface area contributed by atoms with Crippen LogP contribution in [0.5, 0.6) is 0 Å². The summed E-state index contributed by atoms with van der Waals surface area (Å²) in [5.74, 6) is -2.24. The van der Waals surface area contributed by atoms with E-state index in [0.29, 0.717) is 37.0 Å². The largest absolute Gasteiger partial charge is 0.455 e. The molecule has 0 radical (unpaired) electrons. The minimum atomic E-state index is -2.46. The summed E-state index contributed by atoms with van der Waals surface area (Å²) >= 11 is 0.450. The first-order valence-corrected chi connectivity index (χ1v) is 6.57. The van der Waals surface area contributed by atoms with E-state index in [2.05, 4.69) is 0 Å². The van der Waals surface area contributed by atoms with Gasteiger partial charge in [0.15, 0.2) is 5.76 Å². The van der Waals surface area contributed by atoms with Crippen molar-refractivity contribution in [3.63, 3.8) is 0 Å². The van der Waals surface area contributed by atoms with Crippen molar-refractivity contribution >= 4 is 17.7 Å². The second kappa shape index (κ2) is 5.71. The zero-order chi connectivity index (χ0) is 13.1. The summed E-state index contributed by atoms with van der Waals surface area (Å²) < 4.78 is 29.2. The highest BCUT2D eigenvalue weighted by molar-refractivity contribution is 7.98. The Kier molecular flexibility index (Phi) is 4.23. The molecule has 1 N–H and O–H groups in total. The number of aliphatic hydroxyl groups excluding tert-OH is 1. The van der Waals surface area contributed by atoms with Gasteiger partial charge in [-0.3, -0.25) is 4.79 Å². The first-order valence-electron chi connectivity index (χ1n) is 5.52. The molecule has 7 heteroatoms. The molecule has 0 bridgehead atoms. The highest BCUT2D eigenvalue weighted by Crippen LogP contribution is 2.22. The molecule has 0 aromatic carbocycles. The molecule has 0 saturated carbocycles. The van der Waals surface area contributed by atoms with Gasteiger partial charge in [0.2, 0.25) is 0 Å². The van der Waals surface area contributed by atoms with Crippen LogP contribution in [0.4, 0.5) is 8.78 Å². The van der Waals surface area contributed by atoms with Gasteiger partial charge in [-0.15, -0.1) is 0 Å².